The molecule has 1 rings (SSSR count). The first-order valence-electron chi connectivity index (χ1n) is 18.5. The molecule has 0 spiro atoms. The predicted octanol–water partition coefficient (Wildman–Crippen LogP) is 7.19. The van der Waals surface area contributed by atoms with Gasteiger partial charge in [0.1, 0.15) is 30.5 Å². The zero-order valence-corrected chi connectivity index (χ0v) is 30.9. The van der Waals surface area contributed by atoms with Crippen LogP contribution in [0, 0.1) is 5.92 Å². The Morgan fingerprint density at radius 1 is 0.681 bits per heavy atom. The Balaban J connectivity index is 3.52. The number of carbonyl (C=O) groups is 1. The molecule has 3 unspecified atom stereocenters. The highest BCUT2D eigenvalue weighted by molar-refractivity contribution is 5.66. The molecule has 1 aliphatic heterocycles. The molecule has 10 nitrogen and oxygen atoms in total. The Morgan fingerprint density at radius 3 is 1.68 bits per heavy atom. The van der Waals surface area contributed by atoms with Crippen LogP contribution in [-0.2, 0) is 47.4 Å². The summed E-state index contributed by atoms with van der Waals surface area (Å²) in [5.41, 5.74) is 0. The lowest BCUT2D eigenvalue weighted by Gasteiger charge is -2.46. The summed E-state index contributed by atoms with van der Waals surface area (Å²) in [6.07, 6.45) is 2.09. The van der Waals surface area contributed by atoms with Gasteiger partial charge in [-0.15, -0.1) is 0 Å². The zero-order chi connectivity index (χ0) is 34.9. The Bertz CT molecular complexity index is 745. The van der Waals surface area contributed by atoms with Gasteiger partial charge in [0.05, 0.1) is 19.8 Å². The second kappa shape index (κ2) is 27.9. The molecule has 1 aliphatic rings. The summed E-state index contributed by atoms with van der Waals surface area (Å²) in [6, 6.07) is 0. The molecule has 280 valence electrons. The van der Waals surface area contributed by atoms with Crippen LogP contribution >= 0.6 is 0 Å². The molecule has 1 saturated heterocycles. The second-order valence-corrected chi connectivity index (χ2v) is 12.7. The SMILES string of the molecule is CCCCOCC1O[C@@H](O[C@@H](COCCCC)C(COCCCC)O[C@@H](F)C(C)C)[C@@H](OC(C)=O)C(OCCCC)[C@H]1OCCCC. The van der Waals surface area contributed by atoms with Crippen LogP contribution in [0.25, 0.3) is 0 Å². The molecule has 0 bridgehead atoms. The van der Waals surface area contributed by atoms with Gasteiger partial charge in [-0.05, 0) is 32.1 Å². The first kappa shape index (κ1) is 44.1. The molecule has 0 saturated carbocycles. The average Bonchev–Trinajstić information content (AvgIpc) is 3.04. The summed E-state index contributed by atoms with van der Waals surface area (Å²) in [7, 11) is 0. The highest BCUT2D eigenvalue weighted by atomic mass is 19.1. The number of hydrogen-bond acceptors (Lipinski definition) is 10. The first-order chi connectivity index (χ1) is 22.7. The van der Waals surface area contributed by atoms with E-state index in [4.69, 9.17) is 42.6 Å². The van der Waals surface area contributed by atoms with E-state index in [9.17, 15) is 4.79 Å². The van der Waals surface area contributed by atoms with Crippen LogP contribution in [0.15, 0.2) is 0 Å². The molecule has 0 radical (unpaired) electrons. The van der Waals surface area contributed by atoms with Crippen molar-refractivity contribution in [3.05, 3.63) is 0 Å². The van der Waals surface area contributed by atoms with Crippen molar-refractivity contribution < 1.29 is 51.8 Å². The maximum Gasteiger partial charge on any atom is 0.303 e. The lowest BCUT2D eigenvalue weighted by atomic mass is 9.97. The maximum absolute atomic E-state index is 15.2. The molecule has 0 aromatic carbocycles. The fourth-order valence-electron chi connectivity index (χ4n) is 4.86. The third-order valence-corrected chi connectivity index (χ3v) is 7.84. The third-order valence-electron chi connectivity index (χ3n) is 7.84. The molecule has 0 aliphatic carbocycles. The molecular weight excluding hydrogens is 611 g/mol. The van der Waals surface area contributed by atoms with Gasteiger partial charge in [-0.3, -0.25) is 4.79 Å². The van der Waals surface area contributed by atoms with E-state index in [2.05, 4.69) is 34.6 Å². The fraction of sp³-hybridized carbons (Fsp3) is 0.972. The molecule has 1 heterocycles. The zero-order valence-electron chi connectivity index (χ0n) is 30.9. The quantitative estimate of drug-likeness (QED) is 0.0573. The summed E-state index contributed by atoms with van der Waals surface area (Å²) >= 11 is 0. The van der Waals surface area contributed by atoms with E-state index in [-0.39, 0.29) is 25.7 Å². The van der Waals surface area contributed by atoms with E-state index >= 15 is 4.39 Å². The van der Waals surface area contributed by atoms with Crippen molar-refractivity contribution in [1.29, 1.82) is 0 Å². The van der Waals surface area contributed by atoms with Gasteiger partial charge in [-0.1, -0.05) is 80.6 Å². The van der Waals surface area contributed by atoms with Crippen molar-refractivity contribution in [2.45, 2.75) is 169 Å². The highest BCUT2D eigenvalue weighted by Gasteiger charge is 2.51. The number of hydrogen-bond donors (Lipinski definition) is 0. The number of rotatable bonds is 30. The summed E-state index contributed by atoms with van der Waals surface area (Å²) < 4.78 is 71.1. The summed E-state index contributed by atoms with van der Waals surface area (Å²) in [5, 5.41) is 0. The Hall–Kier alpha value is -0.920. The van der Waals surface area contributed by atoms with Crippen molar-refractivity contribution in [3.8, 4) is 0 Å². The minimum Gasteiger partial charge on any atom is -0.454 e. The van der Waals surface area contributed by atoms with Gasteiger partial charge in [0.2, 0.25) is 6.36 Å². The number of alkyl halides is 1. The minimum atomic E-state index is -1.55. The number of unbranched alkanes of at least 4 members (excludes halogenated alkanes) is 5. The smallest absolute Gasteiger partial charge is 0.303 e. The van der Waals surface area contributed by atoms with Gasteiger partial charge in [-0.25, -0.2) is 4.39 Å². The van der Waals surface area contributed by atoms with Crippen LogP contribution < -0.4 is 0 Å². The highest BCUT2D eigenvalue weighted by Crippen LogP contribution is 2.32. The van der Waals surface area contributed by atoms with E-state index < -0.39 is 55.2 Å². The second-order valence-electron chi connectivity index (χ2n) is 12.7. The molecule has 1 fully saturated rings. The maximum atomic E-state index is 15.2. The van der Waals surface area contributed by atoms with Crippen molar-refractivity contribution in [2.24, 2.45) is 5.92 Å². The van der Waals surface area contributed by atoms with Gasteiger partial charge < -0.3 is 42.6 Å². The summed E-state index contributed by atoms with van der Waals surface area (Å²) in [5.74, 6) is -0.882. The standard InChI is InChI=1S/C36H69FO10/c1-9-14-19-39-24-29(45-35(37)27(6)7)30(25-40-20-15-10-2)46-36-34(44-28(8)38)33(43-23-18-13-5)32(42-22-17-12-4)31(47-36)26-41-21-16-11-3/h27,29-36H,9-26H2,1-8H3/t29?,30-,31?,32-,33?,34-,35+,36+/m0/s1. The predicted molar refractivity (Wildman–Crippen MR) is 180 cm³/mol. The first-order valence-corrected chi connectivity index (χ1v) is 18.5. The molecule has 0 N–H and O–H groups in total. The Morgan fingerprint density at radius 2 is 1.17 bits per heavy atom. The molecular formula is C36H69FO10. The number of carbonyl (C=O) groups excluding carboxylic acids is 1. The third kappa shape index (κ3) is 18.6. The summed E-state index contributed by atoms with van der Waals surface area (Å²) in [4.78, 5) is 12.5. The van der Waals surface area contributed by atoms with E-state index in [0.717, 1.165) is 64.2 Å². The monoisotopic (exact) mass is 680 g/mol. The molecule has 11 heteroatoms. The summed E-state index contributed by atoms with van der Waals surface area (Å²) in [6.45, 7) is 18.3. The Labute approximate surface area is 285 Å². The largest absolute Gasteiger partial charge is 0.454 e. The minimum absolute atomic E-state index is 0.0998. The van der Waals surface area contributed by atoms with Crippen molar-refractivity contribution >= 4 is 5.97 Å². The molecule has 0 aromatic rings. The van der Waals surface area contributed by atoms with Gasteiger partial charge in [0.15, 0.2) is 12.4 Å². The van der Waals surface area contributed by atoms with E-state index in [0.29, 0.717) is 33.0 Å². The lowest BCUT2D eigenvalue weighted by Crippen LogP contribution is -2.63. The number of esters is 1. The van der Waals surface area contributed by atoms with Crippen molar-refractivity contribution in [3.63, 3.8) is 0 Å². The lowest BCUT2D eigenvalue weighted by molar-refractivity contribution is -0.337. The Kier molecular flexibility index (Phi) is 26.1. The molecule has 8 atom stereocenters. The van der Waals surface area contributed by atoms with Gasteiger partial charge in [0.25, 0.3) is 0 Å². The van der Waals surface area contributed by atoms with Crippen LogP contribution in [0.5, 0.6) is 0 Å². The van der Waals surface area contributed by atoms with Crippen LogP contribution in [0.3, 0.4) is 0 Å². The van der Waals surface area contributed by atoms with E-state index in [1.54, 1.807) is 13.8 Å². The fourth-order valence-corrected chi connectivity index (χ4v) is 4.86. The van der Waals surface area contributed by atoms with Crippen LogP contribution in [-0.4, -0.2) is 108 Å². The van der Waals surface area contributed by atoms with Gasteiger partial charge in [0, 0.05) is 45.9 Å². The van der Waals surface area contributed by atoms with Crippen LogP contribution in [0.1, 0.15) is 120 Å². The molecule has 0 aromatic heterocycles. The van der Waals surface area contributed by atoms with Crippen molar-refractivity contribution in [1.82, 2.24) is 0 Å². The number of halogens is 1. The average molecular weight is 681 g/mol. The van der Waals surface area contributed by atoms with E-state index in [1.165, 1.54) is 6.92 Å². The molecule has 0 amide bonds. The number of ether oxygens (including phenoxy) is 9. The normalized spacial score (nSPS) is 23.6. The van der Waals surface area contributed by atoms with Gasteiger partial charge >= 0.3 is 5.97 Å². The van der Waals surface area contributed by atoms with E-state index in [1.807, 2.05) is 0 Å². The van der Waals surface area contributed by atoms with Gasteiger partial charge in [-0.2, -0.15) is 0 Å². The molecule has 47 heavy (non-hydrogen) atoms. The van der Waals surface area contributed by atoms with Crippen LogP contribution in [0.2, 0.25) is 0 Å². The topological polar surface area (TPSA) is 100 Å². The van der Waals surface area contributed by atoms with Crippen molar-refractivity contribution in [2.75, 3.05) is 52.9 Å². The van der Waals surface area contributed by atoms with Crippen LogP contribution in [0.4, 0.5) is 4.39 Å².